The predicted octanol–water partition coefficient (Wildman–Crippen LogP) is 3.24. The summed E-state index contributed by atoms with van der Waals surface area (Å²) in [6.07, 6.45) is 11.5. The Balaban J connectivity index is 1.91. The van der Waals surface area contributed by atoms with Gasteiger partial charge in [0.05, 0.1) is 6.61 Å². The van der Waals surface area contributed by atoms with Gasteiger partial charge in [-0.05, 0) is 43.9 Å². The maximum atomic E-state index is 9.78. The fourth-order valence-corrected chi connectivity index (χ4v) is 3.43. The van der Waals surface area contributed by atoms with Crippen molar-refractivity contribution in [3.05, 3.63) is 0 Å². The van der Waals surface area contributed by atoms with Crippen LogP contribution in [0.25, 0.3) is 0 Å². The zero-order valence-corrected chi connectivity index (χ0v) is 11.6. The highest BCUT2D eigenvalue weighted by atomic mass is 16.3. The van der Waals surface area contributed by atoms with E-state index in [9.17, 15) is 5.11 Å². The first kappa shape index (κ1) is 13.4. The Morgan fingerprint density at radius 2 is 1.59 bits per heavy atom. The maximum absolute atomic E-state index is 9.78. The summed E-state index contributed by atoms with van der Waals surface area (Å²) in [5, 5.41) is 13.6. The smallest absolute Gasteiger partial charge is 0.0613 e. The van der Waals surface area contributed by atoms with Crippen molar-refractivity contribution in [3.63, 3.8) is 0 Å². The van der Waals surface area contributed by atoms with E-state index in [1.807, 2.05) is 0 Å². The summed E-state index contributed by atoms with van der Waals surface area (Å²) < 4.78 is 0. The van der Waals surface area contributed by atoms with Gasteiger partial charge in [0.25, 0.3) is 0 Å². The second-order valence-electron chi connectivity index (χ2n) is 7.08. The molecule has 100 valence electrons. The molecule has 2 aliphatic rings. The van der Waals surface area contributed by atoms with Gasteiger partial charge >= 0.3 is 0 Å². The van der Waals surface area contributed by atoms with Crippen molar-refractivity contribution < 1.29 is 5.11 Å². The van der Waals surface area contributed by atoms with Crippen LogP contribution in [0.2, 0.25) is 0 Å². The SMILES string of the molecule is CC1(C)CCC(CO)(NC2CCCCC2)CC1. The lowest BCUT2D eigenvalue weighted by Gasteiger charge is -2.45. The molecule has 2 saturated carbocycles. The van der Waals surface area contributed by atoms with Crippen molar-refractivity contribution in [1.29, 1.82) is 0 Å². The minimum atomic E-state index is 0.0392. The molecule has 0 spiro atoms. The van der Waals surface area contributed by atoms with Crippen LogP contribution in [0.3, 0.4) is 0 Å². The van der Waals surface area contributed by atoms with Crippen LogP contribution in [0, 0.1) is 5.41 Å². The molecule has 0 aromatic heterocycles. The van der Waals surface area contributed by atoms with Crippen LogP contribution in [0.15, 0.2) is 0 Å². The van der Waals surface area contributed by atoms with Crippen molar-refractivity contribution in [2.24, 2.45) is 5.41 Å². The molecular formula is C15H29NO. The molecule has 0 atom stereocenters. The molecule has 2 rings (SSSR count). The van der Waals surface area contributed by atoms with Gasteiger partial charge in [-0.15, -0.1) is 0 Å². The summed E-state index contributed by atoms with van der Waals surface area (Å²) in [5.74, 6) is 0. The number of hydrogen-bond acceptors (Lipinski definition) is 2. The molecule has 0 aromatic rings. The second kappa shape index (κ2) is 5.27. The molecule has 17 heavy (non-hydrogen) atoms. The van der Waals surface area contributed by atoms with Gasteiger partial charge in [0, 0.05) is 11.6 Å². The first-order chi connectivity index (χ1) is 8.05. The van der Waals surface area contributed by atoms with Gasteiger partial charge in [-0.3, -0.25) is 0 Å². The fourth-order valence-electron chi connectivity index (χ4n) is 3.43. The number of hydrogen-bond donors (Lipinski definition) is 2. The molecule has 0 aliphatic heterocycles. The van der Waals surface area contributed by atoms with E-state index in [0.29, 0.717) is 18.1 Å². The predicted molar refractivity (Wildman–Crippen MR) is 72.1 cm³/mol. The van der Waals surface area contributed by atoms with Crippen molar-refractivity contribution in [1.82, 2.24) is 5.32 Å². The van der Waals surface area contributed by atoms with E-state index in [4.69, 9.17) is 0 Å². The summed E-state index contributed by atoms with van der Waals surface area (Å²) in [6.45, 7) is 5.03. The lowest BCUT2D eigenvalue weighted by atomic mass is 9.69. The Labute approximate surface area is 106 Å². The van der Waals surface area contributed by atoms with Crippen LogP contribution in [0.4, 0.5) is 0 Å². The van der Waals surface area contributed by atoms with Crippen molar-refractivity contribution in [2.45, 2.75) is 83.2 Å². The normalized spacial score (nSPS) is 29.1. The first-order valence-corrected chi connectivity index (χ1v) is 7.44. The van der Waals surface area contributed by atoms with Gasteiger partial charge in [0.2, 0.25) is 0 Å². The quantitative estimate of drug-likeness (QED) is 0.792. The number of nitrogens with one attached hydrogen (secondary N) is 1. The zero-order valence-electron chi connectivity index (χ0n) is 11.6. The molecule has 0 saturated heterocycles. The Bertz CT molecular complexity index is 233. The largest absolute Gasteiger partial charge is 0.394 e. The van der Waals surface area contributed by atoms with E-state index in [1.165, 1.54) is 44.9 Å². The van der Waals surface area contributed by atoms with Crippen molar-refractivity contribution in [3.8, 4) is 0 Å². The van der Waals surface area contributed by atoms with Crippen molar-refractivity contribution in [2.75, 3.05) is 6.61 Å². The van der Waals surface area contributed by atoms with Crippen LogP contribution >= 0.6 is 0 Å². The molecule has 2 nitrogen and oxygen atoms in total. The van der Waals surface area contributed by atoms with E-state index < -0.39 is 0 Å². The maximum Gasteiger partial charge on any atom is 0.0613 e. The molecule has 0 bridgehead atoms. The molecule has 0 aromatic carbocycles. The average Bonchev–Trinajstić information content (AvgIpc) is 2.34. The number of aliphatic hydroxyl groups is 1. The standard InChI is InChI=1S/C15H29NO/c1-14(2)8-10-15(12-17,11-9-14)16-13-6-4-3-5-7-13/h13,16-17H,3-12H2,1-2H3. The second-order valence-corrected chi connectivity index (χ2v) is 7.08. The number of rotatable bonds is 3. The van der Waals surface area contributed by atoms with Gasteiger partial charge in [-0.25, -0.2) is 0 Å². The van der Waals surface area contributed by atoms with Crippen LogP contribution in [-0.4, -0.2) is 23.3 Å². The molecule has 0 unspecified atom stereocenters. The topological polar surface area (TPSA) is 32.3 Å². The Kier molecular flexibility index (Phi) is 4.14. The number of aliphatic hydroxyl groups excluding tert-OH is 1. The third kappa shape index (κ3) is 3.45. The lowest BCUT2D eigenvalue weighted by Crippen LogP contribution is -2.56. The summed E-state index contributed by atoms with van der Waals surface area (Å²) in [6, 6.07) is 0.664. The highest BCUT2D eigenvalue weighted by Gasteiger charge is 2.39. The minimum Gasteiger partial charge on any atom is -0.394 e. The monoisotopic (exact) mass is 239 g/mol. The minimum absolute atomic E-state index is 0.0392. The van der Waals surface area contributed by atoms with E-state index in [1.54, 1.807) is 0 Å². The summed E-state index contributed by atoms with van der Waals surface area (Å²) in [7, 11) is 0. The molecule has 2 heteroatoms. The van der Waals surface area contributed by atoms with Gasteiger partial charge in [0.15, 0.2) is 0 Å². The zero-order chi connectivity index (χ0) is 12.4. The Morgan fingerprint density at radius 3 is 2.12 bits per heavy atom. The summed E-state index contributed by atoms with van der Waals surface area (Å²) in [5.41, 5.74) is 0.518. The van der Waals surface area contributed by atoms with E-state index in [2.05, 4.69) is 19.2 Å². The van der Waals surface area contributed by atoms with Gasteiger partial charge < -0.3 is 10.4 Å². The summed E-state index contributed by atoms with van der Waals surface area (Å²) >= 11 is 0. The molecule has 2 N–H and O–H groups in total. The van der Waals surface area contributed by atoms with Gasteiger partial charge in [0.1, 0.15) is 0 Å². The first-order valence-electron chi connectivity index (χ1n) is 7.44. The molecule has 2 aliphatic carbocycles. The van der Waals surface area contributed by atoms with Crippen LogP contribution in [0.5, 0.6) is 0 Å². The van der Waals surface area contributed by atoms with Crippen LogP contribution in [-0.2, 0) is 0 Å². The Morgan fingerprint density at radius 1 is 1.00 bits per heavy atom. The van der Waals surface area contributed by atoms with Crippen molar-refractivity contribution >= 4 is 0 Å². The van der Waals surface area contributed by atoms with Gasteiger partial charge in [-0.2, -0.15) is 0 Å². The average molecular weight is 239 g/mol. The van der Waals surface area contributed by atoms with Crippen LogP contribution in [0.1, 0.15) is 71.6 Å². The third-order valence-corrected chi connectivity index (χ3v) is 4.98. The van der Waals surface area contributed by atoms with E-state index in [0.717, 1.165) is 12.8 Å². The Hall–Kier alpha value is -0.0800. The van der Waals surface area contributed by atoms with E-state index >= 15 is 0 Å². The molecule has 2 fully saturated rings. The molecular weight excluding hydrogens is 210 g/mol. The van der Waals surface area contributed by atoms with E-state index in [-0.39, 0.29) is 5.54 Å². The molecule has 0 radical (unpaired) electrons. The summed E-state index contributed by atoms with van der Waals surface area (Å²) in [4.78, 5) is 0. The molecule has 0 heterocycles. The third-order valence-electron chi connectivity index (χ3n) is 4.98. The van der Waals surface area contributed by atoms with Crippen LogP contribution < -0.4 is 5.32 Å². The lowest BCUT2D eigenvalue weighted by molar-refractivity contribution is 0.0621. The molecule has 0 amide bonds. The van der Waals surface area contributed by atoms with Gasteiger partial charge in [-0.1, -0.05) is 33.1 Å². The highest BCUT2D eigenvalue weighted by molar-refractivity contribution is 4.97. The highest BCUT2D eigenvalue weighted by Crippen LogP contribution is 2.40. The fraction of sp³-hybridized carbons (Fsp3) is 1.00.